The van der Waals surface area contributed by atoms with Crippen LogP contribution in [0.3, 0.4) is 0 Å². The van der Waals surface area contributed by atoms with E-state index in [-0.39, 0.29) is 11.8 Å². The third-order valence-corrected chi connectivity index (χ3v) is 4.30. The molecule has 92 valence electrons. The molecule has 2 rings (SSSR count). The van der Waals surface area contributed by atoms with E-state index in [1.807, 2.05) is 0 Å². The van der Waals surface area contributed by atoms with Gasteiger partial charge in [0.1, 0.15) is 0 Å². The van der Waals surface area contributed by atoms with Gasteiger partial charge in [-0.05, 0) is 51.0 Å². The molecule has 0 aromatic rings. The summed E-state index contributed by atoms with van der Waals surface area (Å²) in [6, 6.07) is 0.635. The van der Waals surface area contributed by atoms with E-state index >= 15 is 0 Å². The molecule has 0 bridgehead atoms. The summed E-state index contributed by atoms with van der Waals surface area (Å²) in [5, 5.41) is 3.67. The van der Waals surface area contributed by atoms with Crippen molar-refractivity contribution in [2.45, 2.75) is 57.4 Å². The molecule has 0 spiro atoms. The molecular formula is C13H24N2O. The number of primary amides is 1. The molecule has 0 aliphatic heterocycles. The Balaban J connectivity index is 1.63. The highest BCUT2D eigenvalue weighted by Gasteiger charge is 2.25. The maximum Gasteiger partial charge on any atom is 0.220 e. The van der Waals surface area contributed by atoms with Gasteiger partial charge in [-0.25, -0.2) is 0 Å². The van der Waals surface area contributed by atoms with Crippen molar-refractivity contribution in [2.75, 3.05) is 6.54 Å². The van der Waals surface area contributed by atoms with Gasteiger partial charge in [0.05, 0.1) is 0 Å². The molecule has 3 heteroatoms. The molecule has 16 heavy (non-hydrogen) atoms. The van der Waals surface area contributed by atoms with Crippen LogP contribution in [-0.2, 0) is 4.79 Å². The summed E-state index contributed by atoms with van der Waals surface area (Å²) in [7, 11) is 0. The Kier molecular flexibility index (Phi) is 4.22. The zero-order valence-corrected chi connectivity index (χ0v) is 10.1. The molecule has 0 unspecified atom stereocenters. The Hall–Kier alpha value is -0.570. The highest BCUT2D eigenvalue weighted by molar-refractivity contribution is 5.76. The number of nitrogens with two attached hydrogens (primary N) is 1. The number of carbonyl (C=O) groups excluding carboxylic acids is 1. The zero-order valence-electron chi connectivity index (χ0n) is 10.1. The third kappa shape index (κ3) is 3.21. The van der Waals surface area contributed by atoms with Crippen molar-refractivity contribution in [1.29, 1.82) is 0 Å². The van der Waals surface area contributed by atoms with Crippen LogP contribution in [-0.4, -0.2) is 18.5 Å². The lowest BCUT2D eigenvalue weighted by Gasteiger charge is -2.28. The molecule has 3 N–H and O–H groups in total. The van der Waals surface area contributed by atoms with Gasteiger partial charge in [-0.1, -0.05) is 12.8 Å². The fourth-order valence-electron chi connectivity index (χ4n) is 3.13. The van der Waals surface area contributed by atoms with Gasteiger partial charge >= 0.3 is 0 Å². The molecule has 0 saturated heterocycles. The van der Waals surface area contributed by atoms with Crippen LogP contribution in [0.15, 0.2) is 0 Å². The summed E-state index contributed by atoms with van der Waals surface area (Å²) in [5.74, 6) is 0.952. The predicted octanol–water partition coefficient (Wildman–Crippen LogP) is 1.81. The maximum absolute atomic E-state index is 11.0. The summed E-state index contributed by atoms with van der Waals surface area (Å²) in [6.45, 7) is 1.19. The molecule has 2 aliphatic rings. The normalized spacial score (nSPS) is 31.8. The average molecular weight is 224 g/mol. The summed E-state index contributed by atoms with van der Waals surface area (Å²) >= 11 is 0. The molecule has 0 radical (unpaired) electrons. The van der Waals surface area contributed by atoms with Gasteiger partial charge < -0.3 is 11.1 Å². The molecule has 1 amide bonds. The van der Waals surface area contributed by atoms with Crippen LogP contribution in [0.25, 0.3) is 0 Å². The van der Waals surface area contributed by atoms with Crippen molar-refractivity contribution in [3.8, 4) is 0 Å². The van der Waals surface area contributed by atoms with Crippen LogP contribution in [0.2, 0.25) is 0 Å². The fraction of sp³-hybridized carbons (Fsp3) is 0.923. The molecule has 0 heterocycles. The minimum atomic E-state index is -0.103. The molecule has 2 fully saturated rings. The van der Waals surface area contributed by atoms with Crippen molar-refractivity contribution >= 4 is 5.91 Å². The quantitative estimate of drug-likeness (QED) is 0.765. The number of rotatable bonds is 4. The Labute approximate surface area is 98.2 Å². The first-order valence-electron chi connectivity index (χ1n) is 6.78. The molecular weight excluding hydrogens is 200 g/mol. The van der Waals surface area contributed by atoms with Crippen LogP contribution in [0.1, 0.15) is 51.4 Å². The molecule has 0 aromatic heterocycles. The highest BCUT2D eigenvalue weighted by Crippen LogP contribution is 2.26. The molecule has 2 aliphatic carbocycles. The number of hydrogen-bond acceptors (Lipinski definition) is 2. The Morgan fingerprint density at radius 1 is 1.06 bits per heavy atom. The van der Waals surface area contributed by atoms with E-state index in [4.69, 9.17) is 5.73 Å². The standard InChI is InChI=1S/C13H24N2O/c14-13(16)11-5-7-12(8-6-11)15-9-10-3-1-2-4-10/h10-12,15H,1-9H2,(H2,14,16). The van der Waals surface area contributed by atoms with Gasteiger partial charge in [0.15, 0.2) is 0 Å². The summed E-state index contributed by atoms with van der Waals surface area (Å²) in [5.41, 5.74) is 5.33. The molecule has 0 aromatic carbocycles. The zero-order chi connectivity index (χ0) is 11.4. The second-order valence-corrected chi connectivity index (χ2v) is 5.51. The van der Waals surface area contributed by atoms with E-state index < -0.39 is 0 Å². The van der Waals surface area contributed by atoms with Crippen molar-refractivity contribution in [3.63, 3.8) is 0 Å². The van der Waals surface area contributed by atoms with E-state index in [1.165, 1.54) is 32.2 Å². The van der Waals surface area contributed by atoms with Gasteiger partial charge in [0.25, 0.3) is 0 Å². The second kappa shape index (κ2) is 5.67. The van der Waals surface area contributed by atoms with Gasteiger partial charge in [-0.2, -0.15) is 0 Å². The van der Waals surface area contributed by atoms with Gasteiger partial charge in [0.2, 0.25) is 5.91 Å². The molecule has 2 saturated carbocycles. The number of nitrogens with one attached hydrogen (secondary N) is 1. The Morgan fingerprint density at radius 3 is 2.25 bits per heavy atom. The monoisotopic (exact) mass is 224 g/mol. The lowest BCUT2D eigenvalue weighted by molar-refractivity contribution is -0.122. The van der Waals surface area contributed by atoms with Crippen LogP contribution in [0.5, 0.6) is 0 Å². The maximum atomic E-state index is 11.0. The average Bonchev–Trinajstić information content (AvgIpc) is 2.80. The van der Waals surface area contributed by atoms with Crippen molar-refractivity contribution in [2.24, 2.45) is 17.6 Å². The lowest BCUT2D eigenvalue weighted by atomic mass is 9.85. The molecule has 3 nitrogen and oxygen atoms in total. The largest absolute Gasteiger partial charge is 0.369 e. The molecule has 0 atom stereocenters. The predicted molar refractivity (Wildman–Crippen MR) is 64.9 cm³/mol. The summed E-state index contributed by atoms with van der Waals surface area (Å²) < 4.78 is 0. The first-order valence-corrected chi connectivity index (χ1v) is 6.78. The minimum absolute atomic E-state index is 0.103. The Morgan fingerprint density at radius 2 is 1.69 bits per heavy atom. The summed E-state index contributed by atoms with van der Waals surface area (Å²) in [6.07, 6.45) is 9.87. The van der Waals surface area contributed by atoms with Crippen LogP contribution in [0.4, 0.5) is 0 Å². The first kappa shape index (κ1) is 11.9. The second-order valence-electron chi connectivity index (χ2n) is 5.51. The smallest absolute Gasteiger partial charge is 0.220 e. The van der Waals surface area contributed by atoms with E-state index in [0.29, 0.717) is 6.04 Å². The van der Waals surface area contributed by atoms with Crippen LogP contribution >= 0.6 is 0 Å². The topological polar surface area (TPSA) is 55.1 Å². The van der Waals surface area contributed by atoms with E-state index in [2.05, 4.69) is 5.32 Å². The third-order valence-electron chi connectivity index (χ3n) is 4.30. The van der Waals surface area contributed by atoms with Gasteiger partial charge in [-0.3, -0.25) is 4.79 Å². The van der Waals surface area contributed by atoms with Crippen LogP contribution in [0, 0.1) is 11.8 Å². The minimum Gasteiger partial charge on any atom is -0.369 e. The number of carbonyl (C=O) groups is 1. The van der Waals surface area contributed by atoms with Gasteiger partial charge in [0, 0.05) is 12.0 Å². The lowest BCUT2D eigenvalue weighted by Crippen LogP contribution is -2.38. The van der Waals surface area contributed by atoms with E-state index in [1.54, 1.807) is 0 Å². The fourth-order valence-corrected chi connectivity index (χ4v) is 3.13. The highest BCUT2D eigenvalue weighted by atomic mass is 16.1. The number of amides is 1. The summed E-state index contributed by atoms with van der Waals surface area (Å²) in [4.78, 5) is 11.0. The number of hydrogen-bond donors (Lipinski definition) is 2. The van der Waals surface area contributed by atoms with Gasteiger partial charge in [-0.15, -0.1) is 0 Å². The first-order chi connectivity index (χ1) is 7.75. The van der Waals surface area contributed by atoms with Crippen molar-refractivity contribution in [3.05, 3.63) is 0 Å². The van der Waals surface area contributed by atoms with E-state index in [0.717, 1.165) is 31.6 Å². The Bertz CT molecular complexity index is 228. The van der Waals surface area contributed by atoms with E-state index in [9.17, 15) is 4.79 Å². The van der Waals surface area contributed by atoms with Crippen LogP contribution < -0.4 is 11.1 Å². The van der Waals surface area contributed by atoms with Crippen molar-refractivity contribution < 1.29 is 4.79 Å². The van der Waals surface area contributed by atoms with Crippen molar-refractivity contribution in [1.82, 2.24) is 5.32 Å². The SMILES string of the molecule is NC(=O)C1CCC(NCC2CCCC2)CC1.